The average molecular weight is 423 g/mol. The van der Waals surface area contributed by atoms with Crippen LogP contribution >= 0.6 is 0 Å². The van der Waals surface area contributed by atoms with E-state index in [9.17, 15) is 9.59 Å². The molecule has 0 radical (unpaired) electrons. The van der Waals surface area contributed by atoms with Crippen molar-refractivity contribution in [2.24, 2.45) is 0 Å². The van der Waals surface area contributed by atoms with E-state index in [2.05, 4.69) is 20.9 Å². The number of carbonyl (C=O) groups is 2. The van der Waals surface area contributed by atoms with Gasteiger partial charge in [-0.05, 0) is 62.1 Å². The maximum atomic E-state index is 12.6. The van der Waals surface area contributed by atoms with Gasteiger partial charge in [-0.3, -0.25) is 9.59 Å². The summed E-state index contributed by atoms with van der Waals surface area (Å²) < 4.78 is 5.56. The van der Waals surface area contributed by atoms with Gasteiger partial charge in [-0.2, -0.15) is 0 Å². The molecule has 0 aliphatic carbocycles. The molecule has 7 nitrogen and oxygen atoms in total. The Morgan fingerprint density at radius 3 is 2.52 bits per heavy atom. The fourth-order valence-corrected chi connectivity index (χ4v) is 4.05. The van der Waals surface area contributed by atoms with E-state index in [-0.39, 0.29) is 24.5 Å². The van der Waals surface area contributed by atoms with Crippen LogP contribution in [0.15, 0.2) is 48.5 Å². The van der Waals surface area contributed by atoms with Crippen LogP contribution in [0.25, 0.3) is 0 Å². The zero-order valence-corrected chi connectivity index (χ0v) is 17.7. The van der Waals surface area contributed by atoms with Crippen LogP contribution in [0.4, 0.5) is 17.1 Å². The number of hydrogen-bond donors (Lipinski definition) is 3. The van der Waals surface area contributed by atoms with Crippen LogP contribution in [-0.4, -0.2) is 50.7 Å². The minimum absolute atomic E-state index is 0.0733. The van der Waals surface area contributed by atoms with Crippen LogP contribution in [0.3, 0.4) is 0 Å². The summed E-state index contributed by atoms with van der Waals surface area (Å²) in [7, 11) is 0. The fourth-order valence-electron chi connectivity index (χ4n) is 4.05. The van der Waals surface area contributed by atoms with E-state index >= 15 is 0 Å². The molecule has 2 saturated heterocycles. The predicted molar refractivity (Wildman–Crippen MR) is 123 cm³/mol. The van der Waals surface area contributed by atoms with Crippen LogP contribution in [0.2, 0.25) is 0 Å². The number of nitrogens with one attached hydrogen (secondary N) is 3. The van der Waals surface area contributed by atoms with E-state index in [0.29, 0.717) is 17.8 Å². The standard InChI is InChI=1S/C24H30N4O3/c29-23(27-18-9-11-19(12-10-18)28-13-3-4-14-28)17-25-22-8-2-1-7-21(22)24(30)26-16-20-6-5-15-31-20/h1-2,7-12,20,25H,3-6,13-17H2,(H,26,30)(H,27,29)/t20-/m0/s1. The summed E-state index contributed by atoms with van der Waals surface area (Å²) in [5.41, 5.74) is 3.10. The van der Waals surface area contributed by atoms with Gasteiger partial charge in [-0.15, -0.1) is 0 Å². The van der Waals surface area contributed by atoms with E-state index < -0.39 is 0 Å². The predicted octanol–water partition coefficient (Wildman–Crippen LogP) is 3.25. The highest BCUT2D eigenvalue weighted by atomic mass is 16.5. The monoisotopic (exact) mass is 422 g/mol. The molecule has 2 aromatic carbocycles. The minimum atomic E-state index is -0.170. The van der Waals surface area contributed by atoms with Crippen molar-refractivity contribution in [2.75, 3.05) is 48.3 Å². The average Bonchev–Trinajstić information content (AvgIpc) is 3.51. The Morgan fingerprint density at radius 1 is 1.00 bits per heavy atom. The molecule has 2 aromatic rings. The second kappa shape index (κ2) is 10.3. The van der Waals surface area contributed by atoms with Crippen molar-refractivity contribution < 1.29 is 14.3 Å². The maximum Gasteiger partial charge on any atom is 0.253 e. The summed E-state index contributed by atoms with van der Waals surface area (Å²) in [6.45, 7) is 3.52. The Labute approximate surface area is 183 Å². The van der Waals surface area contributed by atoms with Gasteiger partial charge in [0.1, 0.15) is 0 Å². The van der Waals surface area contributed by atoms with Gasteiger partial charge in [0.25, 0.3) is 5.91 Å². The van der Waals surface area contributed by atoms with Crippen LogP contribution in [0.1, 0.15) is 36.0 Å². The first kappa shape index (κ1) is 21.2. The third-order valence-electron chi connectivity index (χ3n) is 5.75. The first-order valence-corrected chi connectivity index (χ1v) is 11.1. The number of carbonyl (C=O) groups excluding carboxylic acids is 2. The van der Waals surface area contributed by atoms with Crippen molar-refractivity contribution in [3.63, 3.8) is 0 Å². The number of nitrogens with zero attached hydrogens (tertiary/aromatic N) is 1. The van der Waals surface area contributed by atoms with Gasteiger partial charge in [-0.1, -0.05) is 12.1 Å². The lowest BCUT2D eigenvalue weighted by Gasteiger charge is -2.18. The summed E-state index contributed by atoms with van der Waals surface area (Å²) in [5, 5.41) is 8.92. The fraction of sp³-hybridized carbons (Fsp3) is 0.417. The third-order valence-corrected chi connectivity index (χ3v) is 5.75. The minimum Gasteiger partial charge on any atom is -0.376 e. The molecule has 7 heteroatoms. The van der Waals surface area contributed by atoms with Gasteiger partial charge in [0.2, 0.25) is 5.91 Å². The van der Waals surface area contributed by atoms with Crippen LogP contribution in [0, 0.1) is 0 Å². The van der Waals surface area contributed by atoms with Crippen molar-refractivity contribution in [3.8, 4) is 0 Å². The molecule has 2 amide bonds. The number of para-hydroxylation sites is 1. The molecule has 164 valence electrons. The van der Waals surface area contributed by atoms with E-state index in [1.165, 1.54) is 18.5 Å². The highest BCUT2D eigenvalue weighted by Gasteiger charge is 2.18. The highest BCUT2D eigenvalue weighted by molar-refractivity contribution is 6.01. The molecule has 1 atom stereocenters. The first-order valence-electron chi connectivity index (χ1n) is 11.1. The molecule has 0 aromatic heterocycles. The molecule has 0 saturated carbocycles. The SMILES string of the molecule is O=C(CNc1ccccc1C(=O)NC[C@@H]1CCCO1)Nc1ccc(N2CCCC2)cc1. The molecule has 0 bridgehead atoms. The summed E-state index contributed by atoms with van der Waals surface area (Å²) >= 11 is 0. The maximum absolute atomic E-state index is 12.6. The van der Waals surface area contributed by atoms with Gasteiger partial charge >= 0.3 is 0 Å². The summed E-state index contributed by atoms with van der Waals surface area (Å²) in [6.07, 6.45) is 4.57. The lowest BCUT2D eigenvalue weighted by atomic mass is 10.1. The normalized spacial score (nSPS) is 18.1. The molecule has 31 heavy (non-hydrogen) atoms. The summed E-state index contributed by atoms with van der Waals surface area (Å²) in [4.78, 5) is 27.3. The molecular weight excluding hydrogens is 392 g/mol. The second-order valence-electron chi connectivity index (χ2n) is 8.03. The highest BCUT2D eigenvalue weighted by Crippen LogP contribution is 2.22. The van der Waals surface area contributed by atoms with E-state index in [1.54, 1.807) is 12.1 Å². The number of amides is 2. The van der Waals surface area contributed by atoms with Crippen LogP contribution in [0.5, 0.6) is 0 Å². The van der Waals surface area contributed by atoms with Gasteiger partial charge in [0.15, 0.2) is 0 Å². The van der Waals surface area contributed by atoms with Crippen molar-refractivity contribution >= 4 is 28.9 Å². The van der Waals surface area contributed by atoms with E-state index in [0.717, 1.165) is 38.2 Å². The molecule has 0 unspecified atom stereocenters. The number of hydrogen-bond acceptors (Lipinski definition) is 5. The third kappa shape index (κ3) is 5.76. The van der Waals surface area contributed by atoms with Crippen LogP contribution < -0.4 is 20.9 Å². The topological polar surface area (TPSA) is 82.7 Å². The molecule has 2 aliphatic heterocycles. The van der Waals surface area contributed by atoms with Crippen molar-refractivity contribution in [2.45, 2.75) is 31.8 Å². The van der Waals surface area contributed by atoms with Crippen molar-refractivity contribution in [1.82, 2.24) is 5.32 Å². The lowest BCUT2D eigenvalue weighted by Crippen LogP contribution is -2.32. The Hall–Kier alpha value is -3.06. The molecule has 0 spiro atoms. The number of rotatable bonds is 8. The Kier molecular flexibility index (Phi) is 7.04. The summed E-state index contributed by atoms with van der Waals surface area (Å²) in [6, 6.07) is 15.2. The zero-order chi connectivity index (χ0) is 21.5. The Bertz CT molecular complexity index is 888. The Morgan fingerprint density at radius 2 is 1.77 bits per heavy atom. The largest absolute Gasteiger partial charge is 0.376 e. The second-order valence-corrected chi connectivity index (χ2v) is 8.03. The lowest BCUT2D eigenvalue weighted by molar-refractivity contribution is -0.114. The number of anilines is 3. The van der Waals surface area contributed by atoms with Gasteiger partial charge < -0.3 is 25.6 Å². The number of benzene rings is 2. The van der Waals surface area contributed by atoms with Crippen molar-refractivity contribution in [1.29, 1.82) is 0 Å². The quantitative estimate of drug-likeness (QED) is 0.608. The van der Waals surface area contributed by atoms with Gasteiger partial charge in [-0.25, -0.2) is 0 Å². The zero-order valence-electron chi connectivity index (χ0n) is 17.7. The molecule has 2 fully saturated rings. The molecule has 4 rings (SSSR count). The smallest absolute Gasteiger partial charge is 0.253 e. The molecule has 2 aliphatic rings. The van der Waals surface area contributed by atoms with Crippen LogP contribution in [-0.2, 0) is 9.53 Å². The summed E-state index contributed by atoms with van der Waals surface area (Å²) in [5.74, 6) is -0.333. The molecule has 2 heterocycles. The van der Waals surface area contributed by atoms with E-state index in [1.807, 2.05) is 36.4 Å². The van der Waals surface area contributed by atoms with Gasteiger partial charge in [0.05, 0.1) is 18.2 Å². The van der Waals surface area contributed by atoms with Crippen molar-refractivity contribution in [3.05, 3.63) is 54.1 Å². The first-order chi connectivity index (χ1) is 15.2. The number of ether oxygens (including phenoxy) is 1. The van der Waals surface area contributed by atoms with E-state index in [4.69, 9.17) is 4.74 Å². The molecule has 3 N–H and O–H groups in total. The molecular formula is C24H30N4O3. The Balaban J connectivity index is 1.28. The van der Waals surface area contributed by atoms with Gasteiger partial charge in [0, 0.05) is 43.3 Å².